The van der Waals surface area contributed by atoms with Crippen LogP contribution in [-0.4, -0.2) is 23.6 Å². The van der Waals surface area contributed by atoms with Crippen molar-refractivity contribution in [1.29, 1.82) is 0 Å². The van der Waals surface area contributed by atoms with E-state index in [9.17, 15) is 18.0 Å². The standard InChI is InChI=1S/C16H14F3NOS/c1-20(9-11-4-2-3-5-13(11)17)16(21)10-22-12-6-7-14(18)15(19)8-12/h2-8H,9-10H2,1H3. The number of hydrogen-bond acceptors (Lipinski definition) is 2. The van der Waals surface area contributed by atoms with Gasteiger partial charge in [0, 0.05) is 24.1 Å². The van der Waals surface area contributed by atoms with E-state index in [1.807, 2.05) is 0 Å². The lowest BCUT2D eigenvalue weighted by atomic mass is 10.2. The van der Waals surface area contributed by atoms with Crippen molar-refractivity contribution < 1.29 is 18.0 Å². The van der Waals surface area contributed by atoms with Crippen molar-refractivity contribution in [2.75, 3.05) is 12.8 Å². The van der Waals surface area contributed by atoms with Gasteiger partial charge in [-0.1, -0.05) is 18.2 Å². The average molecular weight is 325 g/mol. The third kappa shape index (κ3) is 4.27. The van der Waals surface area contributed by atoms with Gasteiger partial charge in [0.05, 0.1) is 5.75 Å². The molecule has 2 aromatic rings. The third-order valence-electron chi connectivity index (χ3n) is 3.04. The van der Waals surface area contributed by atoms with Crippen LogP contribution in [0, 0.1) is 17.5 Å². The second-order valence-electron chi connectivity index (χ2n) is 4.71. The zero-order valence-electron chi connectivity index (χ0n) is 11.9. The Morgan fingerprint density at radius 2 is 1.77 bits per heavy atom. The fourth-order valence-electron chi connectivity index (χ4n) is 1.79. The molecule has 0 saturated carbocycles. The van der Waals surface area contributed by atoms with Gasteiger partial charge in [-0.25, -0.2) is 13.2 Å². The SMILES string of the molecule is CN(Cc1ccccc1F)C(=O)CSc1ccc(F)c(F)c1. The van der Waals surface area contributed by atoms with Crippen LogP contribution in [-0.2, 0) is 11.3 Å². The number of benzene rings is 2. The van der Waals surface area contributed by atoms with Crippen LogP contribution < -0.4 is 0 Å². The molecule has 0 aliphatic rings. The molecule has 2 aromatic carbocycles. The molecule has 0 unspecified atom stereocenters. The molecule has 0 N–H and O–H groups in total. The molecule has 116 valence electrons. The summed E-state index contributed by atoms with van der Waals surface area (Å²) in [5.74, 6) is -2.39. The monoisotopic (exact) mass is 325 g/mol. The Morgan fingerprint density at radius 1 is 1.05 bits per heavy atom. The van der Waals surface area contributed by atoms with Crippen LogP contribution in [0.1, 0.15) is 5.56 Å². The van der Waals surface area contributed by atoms with Gasteiger partial charge in [0.1, 0.15) is 5.82 Å². The van der Waals surface area contributed by atoms with Crippen LogP contribution in [0.3, 0.4) is 0 Å². The van der Waals surface area contributed by atoms with Gasteiger partial charge in [0.2, 0.25) is 5.91 Å². The summed E-state index contributed by atoms with van der Waals surface area (Å²) in [7, 11) is 1.57. The van der Waals surface area contributed by atoms with Gasteiger partial charge in [-0.2, -0.15) is 0 Å². The Bertz CT molecular complexity index is 678. The summed E-state index contributed by atoms with van der Waals surface area (Å²) in [6.45, 7) is 0.157. The molecule has 0 fully saturated rings. The minimum absolute atomic E-state index is 0.0655. The highest BCUT2D eigenvalue weighted by Crippen LogP contribution is 2.21. The van der Waals surface area contributed by atoms with Crippen molar-refractivity contribution in [2.45, 2.75) is 11.4 Å². The minimum atomic E-state index is -0.947. The molecule has 0 bridgehead atoms. The summed E-state index contributed by atoms with van der Waals surface area (Å²) in [6, 6.07) is 9.71. The summed E-state index contributed by atoms with van der Waals surface area (Å²) in [5.41, 5.74) is 0.427. The van der Waals surface area contributed by atoms with E-state index >= 15 is 0 Å². The Labute approximate surface area is 130 Å². The Balaban J connectivity index is 1.91. The molecule has 2 nitrogen and oxygen atoms in total. The predicted octanol–water partition coefficient (Wildman–Crippen LogP) is 3.85. The molecule has 0 aliphatic heterocycles. The Kier molecular flexibility index (Phi) is 5.49. The summed E-state index contributed by atoms with van der Waals surface area (Å²) < 4.78 is 39.4. The van der Waals surface area contributed by atoms with Crippen LogP contribution in [0.2, 0.25) is 0 Å². The number of hydrogen-bond donors (Lipinski definition) is 0. The van der Waals surface area contributed by atoms with E-state index in [0.29, 0.717) is 10.5 Å². The number of rotatable bonds is 5. The van der Waals surface area contributed by atoms with E-state index in [4.69, 9.17) is 0 Å². The first-order valence-corrected chi connectivity index (χ1v) is 7.51. The van der Waals surface area contributed by atoms with Gasteiger partial charge >= 0.3 is 0 Å². The van der Waals surface area contributed by atoms with E-state index in [0.717, 1.165) is 23.9 Å². The second kappa shape index (κ2) is 7.35. The van der Waals surface area contributed by atoms with Gasteiger partial charge in [-0.05, 0) is 24.3 Å². The predicted molar refractivity (Wildman–Crippen MR) is 80.0 cm³/mol. The van der Waals surface area contributed by atoms with Gasteiger partial charge in [0.25, 0.3) is 0 Å². The third-order valence-corrected chi connectivity index (χ3v) is 4.02. The van der Waals surface area contributed by atoms with Gasteiger partial charge in [-0.15, -0.1) is 11.8 Å². The first-order chi connectivity index (χ1) is 10.5. The van der Waals surface area contributed by atoms with Gasteiger partial charge < -0.3 is 4.90 Å². The van der Waals surface area contributed by atoms with Crippen molar-refractivity contribution in [3.63, 3.8) is 0 Å². The van der Waals surface area contributed by atoms with E-state index in [1.54, 1.807) is 25.2 Å². The largest absolute Gasteiger partial charge is 0.341 e. The van der Waals surface area contributed by atoms with Crippen molar-refractivity contribution in [3.8, 4) is 0 Å². The average Bonchev–Trinajstić information content (AvgIpc) is 2.50. The van der Waals surface area contributed by atoms with E-state index in [-0.39, 0.29) is 24.0 Å². The lowest BCUT2D eigenvalue weighted by Gasteiger charge is -2.17. The number of thioether (sulfide) groups is 1. The molecule has 1 amide bonds. The van der Waals surface area contributed by atoms with E-state index in [1.165, 1.54) is 17.0 Å². The maximum absolute atomic E-state index is 13.5. The fourth-order valence-corrected chi connectivity index (χ4v) is 2.65. The molecular formula is C16H14F3NOS. The summed E-state index contributed by atoms with van der Waals surface area (Å²) in [4.78, 5) is 13.9. The topological polar surface area (TPSA) is 20.3 Å². The van der Waals surface area contributed by atoms with Crippen LogP contribution >= 0.6 is 11.8 Å². The Morgan fingerprint density at radius 3 is 2.45 bits per heavy atom. The lowest BCUT2D eigenvalue weighted by Crippen LogP contribution is -2.28. The van der Waals surface area contributed by atoms with Gasteiger partial charge in [-0.3, -0.25) is 4.79 Å². The molecule has 0 heterocycles. The molecule has 0 radical (unpaired) electrons. The first-order valence-electron chi connectivity index (χ1n) is 6.52. The second-order valence-corrected chi connectivity index (χ2v) is 5.75. The molecule has 6 heteroatoms. The van der Waals surface area contributed by atoms with E-state index < -0.39 is 11.6 Å². The molecule has 0 atom stereocenters. The summed E-state index contributed by atoms with van der Waals surface area (Å²) in [6.07, 6.45) is 0. The molecule has 2 rings (SSSR count). The maximum atomic E-state index is 13.5. The molecular weight excluding hydrogens is 311 g/mol. The summed E-state index contributed by atoms with van der Waals surface area (Å²) in [5, 5.41) is 0. The Hall–Kier alpha value is -1.95. The number of halogens is 3. The van der Waals surface area contributed by atoms with Crippen LogP contribution in [0.5, 0.6) is 0 Å². The normalized spacial score (nSPS) is 10.5. The molecule has 22 heavy (non-hydrogen) atoms. The number of amides is 1. The molecule has 0 saturated heterocycles. The lowest BCUT2D eigenvalue weighted by molar-refractivity contribution is -0.127. The van der Waals surface area contributed by atoms with Crippen LogP contribution in [0.4, 0.5) is 13.2 Å². The molecule has 0 aromatic heterocycles. The van der Waals surface area contributed by atoms with Crippen LogP contribution in [0.15, 0.2) is 47.4 Å². The van der Waals surface area contributed by atoms with Crippen molar-refractivity contribution in [3.05, 3.63) is 65.5 Å². The fraction of sp³-hybridized carbons (Fsp3) is 0.188. The summed E-state index contributed by atoms with van der Waals surface area (Å²) >= 11 is 1.10. The zero-order chi connectivity index (χ0) is 16.1. The van der Waals surface area contributed by atoms with E-state index in [2.05, 4.69) is 0 Å². The minimum Gasteiger partial charge on any atom is -0.341 e. The highest BCUT2D eigenvalue weighted by Gasteiger charge is 2.12. The number of carbonyl (C=O) groups is 1. The highest BCUT2D eigenvalue weighted by atomic mass is 32.2. The van der Waals surface area contributed by atoms with Crippen LogP contribution in [0.25, 0.3) is 0 Å². The smallest absolute Gasteiger partial charge is 0.232 e. The quantitative estimate of drug-likeness (QED) is 0.778. The molecule has 0 aliphatic carbocycles. The number of nitrogens with zero attached hydrogens (tertiary/aromatic N) is 1. The maximum Gasteiger partial charge on any atom is 0.232 e. The zero-order valence-corrected chi connectivity index (χ0v) is 12.7. The van der Waals surface area contributed by atoms with Gasteiger partial charge in [0.15, 0.2) is 11.6 Å². The first kappa shape index (κ1) is 16.4. The highest BCUT2D eigenvalue weighted by molar-refractivity contribution is 8.00. The molecule has 0 spiro atoms. The van der Waals surface area contributed by atoms with Crippen molar-refractivity contribution >= 4 is 17.7 Å². The van der Waals surface area contributed by atoms with Crippen molar-refractivity contribution in [2.24, 2.45) is 0 Å². The number of carbonyl (C=O) groups excluding carboxylic acids is 1. The van der Waals surface area contributed by atoms with Crippen molar-refractivity contribution in [1.82, 2.24) is 4.90 Å².